The molecule has 0 amide bonds. The van der Waals surface area contributed by atoms with Crippen molar-refractivity contribution in [2.24, 2.45) is 0 Å². The van der Waals surface area contributed by atoms with Crippen molar-refractivity contribution in [3.05, 3.63) is 44.4 Å². The van der Waals surface area contributed by atoms with Crippen LogP contribution < -0.4 is 0 Å². The van der Waals surface area contributed by atoms with Gasteiger partial charge in [-0.1, -0.05) is 29.3 Å². The van der Waals surface area contributed by atoms with Crippen molar-refractivity contribution in [3.63, 3.8) is 0 Å². The molecule has 0 unspecified atom stereocenters. The van der Waals surface area contributed by atoms with Gasteiger partial charge >= 0.3 is 0 Å². The maximum Gasteiger partial charge on any atom is 0.290 e. The van der Waals surface area contributed by atoms with Crippen LogP contribution in [0, 0.1) is 4.91 Å². The molecule has 0 heterocycles. The normalized spacial score (nSPS) is 11.5. The van der Waals surface area contributed by atoms with Crippen LogP contribution in [0.2, 0.25) is 10.0 Å². The van der Waals surface area contributed by atoms with Crippen molar-refractivity contribution in [2.75, 3.05) is 0 Å². The first-order chi connectivity index (χ1) is 6.50. The summed E-state index contributed by atoms with van der Waals surface area (Å²) in [5.74, 6) is 0. The highest BCUT2D eigenvalue weighted by atomic mass is 35.5. The third kappa shape index (κ3) is 2.72. The van der Waals surface area contributed by atoms with Crippen LogP contribution in [0.3, 0.4) is 0 Å². The number of halogens is 2. The molecule has 3 nitrogen and oxygen atoms in total. The van der Waals surface area contributed by atoms with Crippen LogP contribution in [-0.2, 0) is 0 Å². The second-order valence-corrected chi connectivity index (χ2v) is 3.57. The molecule has 0 saturated carbocycles. The summed E-state index contributed by atoms with van der Waals surface area (Å²) >= 11 is 11.5. The standard InChI is InChI=1S/C9H8Cl2NO2/c1-6(12(13)14)4-7-2-3-8(10)5-9(7)11/h2-5H,1H3,(H,13,14)/q+1/b6-4+. The van der Waals surface area contributed by atoms with Gasteiger partial charge in [0.25, 0.3) is 10.6 Å². The van der Waals surface area contributed by atoms with Gasteiger partial charge in [0.2, 0.25) is 0 Å². The lowest BCUT2D eigenvalue weighted by molar-refractivity contribution is -0.754. The van der Waals surface area contributed by atoms with E-state index >= 15 is 0 Å². The fourth-order valence-electron chi connectivity index (χ4n) is 0.899. The minimum atomic E-state index is -0.217. The van der Waals surface area contributed by atoms with E-state index in [9.17, 15) is 4.91 Å². The van der Waals surface area contributed by atoms with Crippen molar-refractivity contribution in [1.29, 1.82) is 0 Å². The summed E-state index contributed by atoms with van der Waals surface area (Å²) in [6.07, 6.45) is 1.46. The number of hydrogen-bond donors (Lipinski definition) is 1. The van der Waals surface area contributed by atoms with Crippen molar-refractivity contribution in [2.45, 2.75) is 6.92 Å². The summed E-state index contributed by atoms with van der Waals surface area (Å²) in [4.78, 5) is 10.2. The molecule has 1 rings (SSSR count). The molecular weight excluding hydrogens is 225 g/mol. The van der Waals surface area contributed by atoms with Crippen molar-refractivity contribution in [3.8, 4) is 0 Å². The van der Waals surface area contributed by atoms with Crippen molar-refractivity contribution in [1.82, 2.24) is 0 Å². The Bertz CT molecular complexity index is 402. The summed E-state index contributed by atoms with van der Waals surface area (Å²) in [5, 5.41) is 9.52. The maximum absolute atomic E-state index is 10.5. The van der Waals surface area contributed by atoms with Gasteiger partial charge in [-0.15, -0.1) is 0 Å². The van der Waals surface area contributed by atoms with E-state index < -0.39 is 0 Å². The third-order valence-electron chi connectivity index (χ3n) is 1.63. The molecule has 1 aromatic carbocycles. The molecule has 74 valence electrons. The molecule has 0 saturated heterocycles. The quantitative estimate of drug-likeness (QED) is 0.793. The molecule has 0 aliphatic carbocycles. The fourth-order valence-corrected chi connectivity index (χ4v) is 1.36. The largest absolute Gasteiger partial charge is 0.290 e. The van der Waals surface area contributed by atoms with Gasteiger partial charge in [-0.2, -0.15) is 0 Å². The highest BCUT2D eigenvalue weighted by Crippen LogP contribution is 2.22. The molecule has 1 aromatic rings. The summed E-state index contributed by atoms with van der Waals surface area (Å²) in [7, 11) is 0. The van der Waals surface area contributed by atoms with E-state index in [1.807, 2.05) is 0 Å². The van der Waals surface area contributed by atoms with Crippen molar-refractivity contribution < 1.29 is 10.1 Å². The Morgan fingerprint density at radius 2 is 2.14 bits per heavy atom. The summed E-state index contributed by atoms with van der Waals surface area (Å²) in [5.41, 5.74) is 0.776. The average molecular weight is 233 g/mol. The second-order valence-electron chi connectivity index (χ2n) is 2.72. The molecule has 5 heteroatoms. The Morgan fingerprint density at radius 3 is 2.64 bits per heavy atom. The maximum atomic E-state index is 10.5. The van der Waals surface area contributed by atoms with Crippen LogP contribution in [0.1, 0.15) is 12.5 Å². The highest BCUT2D eigenvalue weighted by Gasteiger charge is 2.10. The topological polar surface area (TPSA) is 40.3 Å². The van der Waals surface area contributed by atoms with Crippen LogP contribution >= 0.6 is 23.2 Å². The molecule has 0 fully saturated rings. The molecule has 0 aromatic heterocycles. The molecule has 0 bridgehead atoms. The van der Waals surface area contributed by atoms with Gasteiger partial charge in [0, 0.05) is 23.0 Å². The average Bonchev–Trinajstić information content (AvgIpc) is 2.09. The molecule has 0 radical (unpaired) electrons. The van der Waals surface area contributed by atoms with Gasteiger partial charge in [-0.05, 0) is 17.7 Å². The van der Waals surface area contributed by atoms with E-state index in [-0.39, 0.29) is 10.6 Å². The first kappa shape index (κ1) is 11.0. The zero-order valence-electron chi connectivity index (χ0n) is 7.37. The van der Waals surface area contributed by atoms with Crippen LogP contribution in [0.5, 0.6) is 0 Å². The van der Waals surface area contributed by atoms with Gasteiger partial charge < -0.3 is 0 Å². The Balaban J connectivity index is 3.09. The van der Waals surface area contributed by atoms with Gasteiger partial charge in [0.15, 0.2) is 0 Å². The zero-order valence-corrected chi connectivity index (χ0v) is 8.88. The van der Waals surface area contributed by atoms with Gasteiger partial charge in [-0.3, -0.25) is 0 Å². The lowest BCUT2D eigenvalue weighted by Crippen LogP contribution is -1.96. The monoisotopic (exact) mass is 232 g/mol. The Morgan fingerprint density at radius 1 is 1.50 bits per heavy atom. The highest BCUT2D eigenvalue weighted by molar-refractivity contribution is 6.35. The number of rotatable bonds is 2. The number of hydrogen-bond acceptors (Lipinski definition) is 1. The van der Waals surface area contributed by atoms with Gasteiger partial charge in [-0.25, -0.2) is 5.21 Å². The fraction of sp³-hybridized carbons (Fsp3) is 0.111. The molecule has 0 atom stereocenters. The van der Waals surface area contributed by atoms with Gasteiger partial charge in [0.1, 0.15) is 0 Å². The van der Waals surface area contributed by atoms with Crippen LogP contribution in [-0.4, -0.2) is 10.1 Å². The molecule has 0 spiro atoms. The predicted octanol–water partition coefficient (Wildman–Crippen LogP) is 3.52. The minimum absolute atomic E-state index is 0.147. The van der Waals surface area contributed by atoms with E-state index in [0.29, 0.717) is 15.6 Å². The lowest BCUT2D eigenvalue weighted by atomic mass is 10.2. The smallest absolute Gasteiger partial charge is 0.241 e. The first-order valence-corrected chi connectivity index (χ1v) is 4.56. The molecule has 0 aliphatic rings. The summed E-state index contributed by atoms with van der Waals surface area (Å²) < 4.78 is 0. The number of allylic oxidation sites excluding steroid dienone is 1. The van der Waals surface area contributed by atoms with E-state index in [1.165, 1.54) is 13.0 Å². The van der Waals surface area contributed by atoms with E-state index in [4.69, 9.17) is 28.4 Å². The number of nitrogens with zero attached hydrogens (tertiary/aromatic N) is 1. The summed E-state index contributed by atoms with van der Waals surface area (Å²) in [6, 6.07) is 4.88. The second kappa shape index (κ2) is 4.44. The third-order valence-corrected chi connectivity index (χ3v) is 2.19. The minimum Gasteiger partial charge on any atom is -0.241 e. The Labute approximate surface area is 91.1 Å². The first-order valence-electron chi connectivity index (χ1n) is 3.80. The lowest BCUT2D eigenvalue weighted by Gasteiger charge is -1.97. The molecular formula is C9H8Cl2NO2+. The molecule has 1 N–H and O–H groups in total. The number of benzene rings is 1. The van der Waals surface area contributed by atoms with Crippen LogP contribution in [0.15, 0.2) is 23.9 Å². The summed E-state index contributed by atoms with van der Waals surface area (Å²) in [6.45, 7) is 1.47. The zero-order chi connectivity index (χ0) is 10.7. The van der Waals surface area contributed by atoms with E-state index in [1.54, 1.807) is 18.2 Å². The SMILES string of the molecule is C/C(=C\c1ccc(Cl)cc1Cl)[N+](=O)O. The molecule has 14 heavy (non-hydrogen) atoms. The van der Waals surface area contributed by atoms with E-state index in [0.717, 1.165) is 0 Å². The Hall–Kier alpha value is -1.06. The van der Waals surface area contributed by atoms with Gasteiger partial charge in [0.05, 0.1) is 4.91 Å². The van der Waals surface area contributed by atoms with Crippen LogP contribution in [0.25, 0.3) is 6.08 Å². The Kier molecular flexibility index (Phi) is 3.49. The van der Waals surface area contributed by atoms with Crippen molar-refractivity contribution >= 4 is 29.3 Å². The van der Waals surface area contributed by atoms with Crippen LogP contribution in [0.4, 0.5) is 0 Å². The molecule has 0 aliphatic heterocycles. The predicted molar refractivity (Wildman–Crippen MR) is 55.5 cm³/mol. The van der Waals surface area contributed by atoms with E-state index in [2.05, 4.69) is 0 Å².